The van der Waals surface area contributed by atoms with E-state index >= 15 is 0 Å². The van der Waals surface area contributed by atoms with Crippen molar-refractivity contribution in [1.82, 2.24) is 0 Å². The normalized spacial score (nSPS) is 10.6. The van der Waals surface area contributed by atoms with Crippen LogP contribution in [0.1, 0.15) is 0 Å². The molecule has 0 unspecified atom stereocenters. The minimum absolute atomic E-state index is 0.0588. The van der Waals surface area contributed by atoms with Crippen LogP contribution in [0.4, 0.5) is 0 Å². The van der Waals surface area contributed by atoms with Crippen molar-refractivity contribution in [3.05, 3.63) is 63.4 Å². The Bertz CT molecular complexity index is 979. The summed E-state index contributed by atoms with van der Waals surface area (Å²) in [6.45, 7) is -0.166. The van der Waals surface area contributed by atoms with Gasteiger partial charge in [0.05, 0.1) is 9.86 Å². The Hall–Kier alpha value is -2.64. The van der Waals surface area contributed by atoms with Crippen LogP contribution in [0.5, 0.6) is 17.2 Å². The summed E-state index contributed by atoms with van der Waals surface area (Å²) in [7, 11) is 1.40. The van der Waals surface area contributed by atoms with E-state index in [4.69, 9.17) is 18.6 Å². The molecular weight excluding hydrogens is 392 g/mol. The molecule has 0 saturated carbocycles. The molecule has 0 amide bonds. The standard InChI is InChI=1S/C18H13BrO6/c1-22-10-17(20)24-11-6-7-12-15(8-11)23-9-16(18(12)21)25-14-5-3-2-4-13(14)19/h2-9H,10H2,1H3. The highest BCUT2D eigenvalue weighted by molar-refractivity contribution is 9.10. The fraction of sp³-hybridized carbons (Fsp3) is 0.111. The third-order valence-electron chi connectivity index (χ3n) is 3.26. The van der Waals surface area contributed by atoms with E-state index in [0.717, 1.165) is 4.47 Å². The van der Waals surface area contributed by atoms with Crippen molar-refractivity contribution in [2.45, 2.75) is 0 Å². The van der Waals surface area contributed by atoms with Gasteiger partial charge in [0.2, 0.25) is 11.2 Å². The van der Waals surface area contributed by atoms with Gasteiger partial charge in [0.15, 0.2) is 0 Å². The molecule has 0 spiro atoms. The van der Waals surface area contributed by atoms with Crippen LogP contribution in [0.2, 0.25) is 0 Å². The van der Waals surface area contributed by atoms with E-state index in [9.17, 15) is 9.59 Å². The van der Waals surface area contributed by atoms with Crippen molar-refractivity contribution in [3.63, 3.8) is 0 Å². The number of esters is 1. The molecule has 0 aliphatic carbocycles. The largest absolute Gasteiger partial charge is 0.460 e. The predicted octanol–water partition coefficient (Wildman–Crippen LogP) is 3.90. The molecule has 0 atom stereocenters. The minimum Gasteiger partial charge on any atom is -0.460 e. The minimum atomic E-state index is -0.543. The zero-order valence-electron chi connectivity index (χ0n) is 13.2. The summed E-state index contributed by atoms with van der Waals surface area (Å²) in [4.78, 5) is 24.0. The van der Waals surface area contributed by atoms with Gasteiger partial charge < -0.3 is 18.6 Å². The van der Waals surface area contributed by atoms with Crippen LogP contribution in [-0.2, 0) is 9.53 Å². The molecule has 1 heterocycles. The maximum atomic E-state index is 12.6. The van der Waals surface area contributed by atoms with Gasteiger partial charge in [0.25, 0.3) is 0 Å². The number of carbonyl (C=O) groups excluding carboxylic acids is 1. The average molecular weight is 405 g/mol. The van der Waals surface area contributed by atoms with Gasteiger partial charge >= 0.3 is 5.97 Å². The molecule has 0 saturated heterocycles. The van der Waals surface area contributed by atoms with Gasteiger partial charge in [-0.3, -0.25) is 4.79 Å². The lowest BCUT2D eigenvalue weighted by atomic mass is 10.2. The summed E-state index contributed by atoms with van der Waals surface area (Å²) in [6, 6.07) is 11.7. The Morgan fingerprint density at radius 1 is 1.16 bits per heavy atom. The smallest absolute Gasteiger partial charge is 0.337 e. The second-order valence-electron chi connectivity index (χ2n) is 5.03. The number of rotatable bonds is 5. The lowest BCUT2D eigenvalue weighted by Crippen LogP contribution is -2.14. The van der Waals surface area contributed by atoms with Crippen LogP contribution in [0.3, 0.4) is 0 Å². The summed E-state index contributed by atoms with van der Waals surface area (Å²) in [5, 5.41) is 0.316. The van der Waals surface area contributed by atoms with E-state index in [2.05, 4.69) is 15.9 Å². The lowest BCUT2D eigenvalue weighted by molar-refractivity contribution is -0.138. The van der Waals surface area contributed by atoms with Crippen molar-refractivity contribution < 1.29 is 23.4 Å². The Labute approximate surface area is 151 Å². The predicted molar refractivity (Wildman–Crippen MR) is 94.2 cm³/mol. The first-order valence-corrected chi connectivity index (χ1v) is 8.05. The molecule has 25 heavy (non-hydrogen) atoms. The first-order valence-electron chi connectivity index (χ1n) is 7.26. The van der Waals surface area contributed by atoms with E-state index in [1.807, 2.05) is 6.07 Å². The summed E-state index contributed by atoms with van der Waals surface area (Å²) in [5.41, 5.74) is -0.0426. The quantitative estimate of drug-likeness (QED) is 0.474. The number of fused-ring (bicyclic) bond motifs is 1. The number of para-hydroxylation sites is 1. The Balaban J connectivity index is 1.91. The van der Waals surface area contributed by atoms with Crippen molar-refractivity contribution in [2.75, 3.05) is 13.7 Å². The molecule has 128 valence electrons. The molecule has 3 rings (SSSR count). The molecule has 0 N–H and O–H groups in total. The molecule has 6 nitrogen and oxygen atoms in total. The first-order chi connectivity index (χ1) is 12.1. The third-order valence-corrected chi connectivity index (χ3v) is 3.92. The fourth-order valence-electron chi connectivity index (χ4n) is 2.15. The van der Waals surface area contributed by atoms with Crippen LogP contribution in [0.25, 0.3) is 11.0 Å². The summed E-state index contributed by atoms with van der Waals surface area (Å²) in [5.74, 6) is 0.276. The monoisotopic (exact) mass is 404 g/mol. The molecule has 1 aromatic heterocycles. The molecule has 7 heteroatoms. The highest BCUT2D eigenvalue weighted by Crippen LogP contribution is 2.29. The molecule has 3 aromatic rings. The van der Waals surface area contributed by atoms with Gasteiger partial charge in [-0.25, -0.2) is 4.79 Å². The summed E-state index contributed by atoms with van der Waals surface area (Å²) >= 11 is 3.36. The topological polar surface area (TPSA) is 75.0 Å². The zero-order valence-corrected chi connectivity index (χ0v) is 14.7. The third kappa shape index (κ3) is 3.89. The van der Waals surface area contributed by atoms with Gasteiger partial charge in [0.1, 0.15) is 30.0 Å². The maximum Gasteiger partial charge on any atom is 0.337 e. The Morgan fingerprint density at radius 3 is 2.72 bits per heavy atom. The first kappa shape index (κ1) is 17.2. The highest BCUT2D eigenvalue weighted by atomic mass is 79.9. The summed E-state index contributed by atoms with van der Waals surface area (Å²) in [6.07, 6.45) is 1.23. The molecule has 0 aliphatic rings. The van der Waals surface area contributed by atoms with Crippen LogP contribution in [0.15, 0.2) is 62.4 Å². The lowest BCUT2D eigenvalue weighted by Gasteiger charge is -2.08. The number of hydrogen-bond donors (Lipinski definition) is 0. The Morgan fingerprint density at radius 2 is 1.96 bits per heavy atom. The number of hydrogen-bond acceptors (Lipinski definition) is 6. The van der Waals surface area contributed by atoms with Crippen LogP contribution in [-0.4, -0.2) is 19.7 Å². The molecular formula is C18H13BrO6. The van der Waals surface area contributed by atoms with Crippen molar-refractivity contribution in [3.8, 4) is 17.2 Å². The number of methoxy groups -OCH3 is 1. The highest BCUT2D eigenvalue weighted by Gasteiger charge is 2.12. The van der Waals surface area contributed by atoms with Gasteiger partial charge in [-0.15, -0.1) is 0 Å². The van der Waals surface area contributed by atoms with Crippen LogP contribution < -0.4 is 14.9 Å². The molecule has 0 fully saturated rings. The van der Waals surface area contributed by atoms with E-state index in [0.29, 0.717) is 11.1 Å². The van der Waals surface area contributed by atoms with Crippen molar-refractivity contribution >= 4 is 32.9 Å². The summed E-state index contributed by atoms with van der Waals surface area (Å²) < 4.78 is 21.6. The van der Waals surface area contributed by atoms with Gasteiger partial charge in [0, 0.05) is 13.2 Å². The number of ether oxygens (including phenoxy) is 3. The average Bonchev–Trinajstić information content (AvgIpc) is 2.59. The molecule has 0 aliphatic heterocycles. The molecule has 2 aromatic carbocycles. The van der Waals surface area contributed by atoms with Gasteiger partial charge in [-0.2, -0.15) is 0 Å². The van der Waals surface area contributed by atoms with E-state index in [1.165, 1.54) is 31.6 Å². The van der Waals surface area contributed by atoms with E-state index < -0.39 is 5.97 Å². The second-order valence-corrected chi connectivity index (χ2v) is 5.88. The number of halogens is 1. The van der Waals surface area contributed by atoms with Crippen LogP contribution >= 0.6 is 15.9 Å². The van der Waals surface area contributed by atoms with Gasteiger partial charge in [-0.05, 0) is 40.2 Å². The fourth-order valence-corrected chi connectivity index (χ4v) is 2.52. The zero-order chi connectivity index (χ0) is 17.8. The van der Waals surface area contributed by atoms with Crippen molar-refractivity contribution in [2.24, 2.45) is 0 Å². The van der Waals surface area contributed by atoms with E-state index in [1.54, 1.807) is 18.2 Å². The number of benzene rings is 2. The number of carbonyl (C=O) groups is 1. The van der Waals surface area contributed by atoms with Gasteiger partial charge in [-0.1, -0.05) is 12.1 Å². The maximum absolute atomic E-state index is 12.6. The van der Waals surface area contributed by atoms with E-state index in [-0.39, 0.29) is 29.1 Å². The van der Waals surface area contributed by atoms with Crippen LogP contribution in [0, 0.1) is 0 Å². The Kier molecular flexibility index (Phi) is 5.16. The molecule has 0 bridgehead atoms. The molecule has 0 radical (unpaired) electrons. The second kappa shape index (κ2) is 7.50. The van der Waals surface area contributed by atoms with Crippen molar-refractivity contribution in [1.29, 1.82) is 0 Å². The SMILES string of the molecule is COCC(=O)Oc1ccc2c(=O)c(Oc3ccccc3Br)coc2c1.